The van der Waals surface area contributed by atoms with Gasteiger partial charge in [0.25, 0.3) is 0 Å². The van der Waals surface area contributed by atoms with Crippen molar-refractivity contribution >= 4 is 11.9 Å². The molecule has 2 aliphatic rings. The Balaban J connectivity index is 2.38. The maximum Gasteiger partial charge on any atom is 0.324 e. The van der Waals surface area contributed by atoms with Crippen molar-refractivity contribution in [2.24, 2.45) is 17.3 Å². The average molecular weight is 156 g/mol. The number of hydrogen-bond donors (Lipinski definition) is 1. The first kappa shape index (κ1) is 6.64. The van der Waals surface area contributed by atoms with Crippen LogP contribution in [0, 0.1) is 17.3 Å². The normalized spacial score (nSPS) is 46.5. The number of carbonyl (C=O) groups is 2. The molecule has 2 rings (SSSR count). The van der Waals surface area contributed by atoms with Gasteiger partial charge in [-0.3, -0.25) is 9.59 Å². The minimum absolute atomic E-state index is 0.0405. The summed E-state index contributed by atoms with van der Waals surface area (Å²) in [4.78, 5) is 21.7. The molecule has 0 aromatic carbocycles. The number of fused-ring (bicyclic) bond motifs is 1. The molecule has 1 N–H and O–H groups in total. The van der Waals surface area contributed by atoms with E-state index in [1.54, 1.807) is 6.92 Å². The first-order valence-corrected chi connectivity index (χ1v) is 3.52. The van der Waals surface area contributed by atoms with Gasteiger partial charge in [-0.1, -0.05) is 6.92 Å². The number of carbonyl (C=O) groups excluding carboxylic acids is 1. The van der Waals surface area contributed by atoms with Crippen molar-refractivity contribution in [1.82, 2.24) is 0 Å². The fourth-order valence-electron chi connectivity index (χ4n) is 1.99. The van der Waals surface area contributed by atoms with Crippen molar-refractivity contribution in [2.75, 3.05) is 6.61 Å². The van der Waals surface area contributed by atoms with E-state index in [9.17, 15) is 9.59 Å². The Kier molecular flexibility index (Phi) is 0.948. The molecule has 11 heavy (non-hydrogen) atoms. The number of esters is 1. The Bertz CT molecular complexity index is 247. The number of hydrogen-bond acceptors (Lipinski definition) is 3. The van der Waals surface area contributed by atoms with E-state index >= 15 is 0 Å². The van der Waals surface area contributed by atoms with Crippen LogP contribution >= 0.6 is 0 Å². The van der Waals surface area contributed by atoms with Gasteiger partial charge < -0.3 is 9.84 Å². The summed E-state index contributed by atoms with van der Waals surface area (Å²) in [6.07, 6.45) is 0. The van der Waals surface area contributed by atoms with Gasteiger partial charge in [-0.25, -0.2) is 0 Å². The average Bonchev–Trinajstić information content (AvgIpc) is 2.32. The zero-order valence-corrected chi connectivity index (χ0v) is 6.03. The van der Waals surface area contributed by atoms with Gasteiger partial charge in [0, 0.05) is 5.92 Å². The molecule has 1 aliphatic heterocycles. The molecule has 0 aromatic heterocycles. The minimum Gasteiger partial charge on any atom is -0.480 e. The minimum atomic E-state index is -1.17. The van der Waals surface area contributed by atoms with Gasteiger partial charge in [-0.05, 0) is 5.92 Å². The molecule has 1 aliphatic carbocycles. The fraction of sp³-hybridized carbons (Fsp3) is 0.714. The summed E-state index contributed by atoms with van der Waals surface area (Å²) in [5.74, 6) is -1.70. The van der Waals surface area contributed by atoms with Crippen LogP contribution in [-0.2, 0) is 14.3 Å². The highest BCUT2D eigenvalue weighted by atomic mass is 16.5. The molecule has 4 nitrogen and oxygen atoms in total. The maximum absolute atomic E-state index is 11.0. The van der Waals surface area contributed by atoms with E-state index in [-0.39, 0.29) is 18.4 Å². The van der Waals surface area contributed by atoms with E-state index in [4.69, 9.17) is 5.11 Å². The topological polar surface area (TPSA) is 63.6 Å². The van der Waals surface area contributed by atoms with E-state index in [0.29, 0.717) is 0 Å². The van der Waals surface area contributed by atoms with Crippen molar-refractivity contribution in [2.45, 2.75) is 6.92 Å². The molecule has 4 heteroatoms. The lowest BCUT2D eigenvalue weighted by atomic mass is 10.1. The van der Waals surface area contributed by atoms with Crippen LogP contribution in [0.4, 0.5) is 0 Å². The first-order chi connectivity index (χ1) is 5.11. The molecular formula is C7H8O4. The Morgan fingerprint density at radius 1 is 1.82 bits per heavy atom. The summed E-state index contributed by atoms with van der Waals surface area (Å²) >= 11 is 0. The Hall–Kier alpha value is -1.06. The third kappa shape index (κ3) is 0.480. The molecule has 0 bridgehead atoms. The van der Waals surface area contributed by atoms with Crippen molar-refractivity contribution in [3.05, 3.63) is 0 Å². The standard InChI is InChI=1S/C7H8O4/c1-3-4-2-11-6(10)7(3,4)5(8)9/h3-4H,2H2,1H3,(H,8,9). The molecule has 3 atom stereocenters. The monoisotopic (exact) mass is 156 g/mol. The second kappa shape index (κ2) is 1.57. The fourth-order valence-corrected chi connectivity index (χ4v) is 1.99. The number of carboxylic acids is 1. The molecular weight excluding hydrogens is 148 g/mol. The van der Waals surface area contributed by atoms with Gasteiger partial charge in [-0.2, -0.15) is 0 Å². The zero-order valence-electron chi connectivity index (χ0n) is 6.03. The summed E-state index contributed by atoms with van der Waals surface area (Å²) in [6.45, 7) is 2.06. The summed E-state index contributed by atoms with van der Waals surface area (Å²) in [7, 11) is 0. The van der Waals surface area contributed by atoms with Gasteiger partial charge in [0.15, 0.2) is 5.41 Å². The van der Waals surface area contributed by atoms with Crippen LogP contribution in [0.2, 0.25) is 0 Å². The number of ether oxygens (including phenoxy) is 1. The summed E-state index contributed by atoms with van der Waals surface area (Å²) < 4.78 is 4.63. The molecule has 1 saturated heterocycles. The lowest BCUT2D eigenvalue weighted by Crippen LogP contribution is -2.26. The molecule has 0 spiro atoms. The Morgan fingerprint density at radius 2 is 2.45 bits per heavy atom. The second-order valence-electron chi connectivity index (χ2n) is 3.17. The van der Waals surface area contributed by atoms with Crippen LogP contribution in [0.15, 0.2) is 0 Å². The molecule has 1 saturated carbocycles. The van der Waals surface area contributed by atoms with E-state index in [1.165, 1.54) is 0 Å². The Labute approximate surface area is 63.1 Å². The highest BCUT2D eigenvalue weighted by Crippen LogP contribution is 2.63. The zero-order chi connectivity index (χ0) is 8.22. The van der Waals surface area contributed by atoms with Crippen LogP contribution in [0.5, 0.6) is 0 Å². The predicted octanol–water partition coefficient (Wildman–Crippen LogP) is -0.120. The summed E-state index contributed by atoms with van der Waals surface area (Å²) in [5.41, 5.74) is -1.17. The SMILES string of the molecule is CC1C2COC(=O)C12C(=O)O. The molecule has 0 radical (unpaired) electrons. The number of cyclic esters (lactones) is 1. The van der Waals surface area contributed by atoms with Gasteiger partial charge in [0.05, 0.1) is 6.61 Å². The van der Waals surface area contributed by atoms with Gasteiger partial charge in [-0.15, -0.1) is 0 Å². The number of aliphatic carboxylic acids is 1. The van der Waals surface area contributed by atoms with Crippen LogP contribution < -0.4 is 0 Å². The van der Waals surface area contributed by atoms with Crippen molar-refractivity contribution in [3.63, 3.8) is 0 Å². The molecule has 0 aromatic rings. The third-order valence-corrected chi connectivity index (χ3v) is 2.88. The van der Waals surface area contributed by atoms with Crippen LogP contribution in [0.1, 0.15) is 6.92 Å². The van der Waals surface area contributed by atoms with Gasteiger partial charge in [0.1, 0.15) is 0 Å². The smallest absolute Gasteiger partial charge is 0.324 e. The highest BCUT2D eigenvalue weighted by molar-refractivity contribution is 6.05. The molecule has 3 unspecified atom stereocenters. The summed E-state index contributed by atoms with van der Waals surface area (Å²) in [6, 6.07) is 0. The molecule has 1 heterocycles. The lowest BCUT2D eigenvalue weighted by molar-refractivity contribution is -0.157. The van der Waals surface area contributed by atoms with Crippen LogP contribution in [0.25, 0.3) is 0 Å². The first-order valence-electron chi connectivity index (χ1n) is 3.52. The summed E-state index contributed by atoms with van der Waals surface area (Å²) in [5, 5.41) is 8.75. The van der Waals surface area contributed by atoms with Gasteiger partial charge in [0.2, 0.25) is 0 Å². The molecule has 60 valence electrons. The maximum atomic E-state index is 11.0. The van der Waals surface area contributed by atoms with Crippen LogP contribution in [0.3, 0.4) is 0 Å². The van der Waals surface area contributed by atoms with Crippen molar-refractivity contribution in [1.29, 1.82) is 0 Å². The van der Waals surface area contributed by atoms with E-state index < -0.39 is 17.4 Å². The molecule has 0 amide bonds. The lowest BCUT2D eigenvalue weighted by Gasteiger charge is -2.03. The molecule has 2 fully saturated rings. The predicted molar refractivity (Wildman–Crippen MR) is 33.7 cm³/mol. The largest absolute Gasteiger partial charge is 0.480 e. The highest BCUT2D eigenvalue weighted by Gasteiger charge is 2.77. The van der Waals surface area contributed by atoms with Crippen molar-refractivity contribution in [3.8, 4) is 0 Å². The van der Waals surface area contributed by atoms with Gasteiger partial charge >= 0.3 is 11.9 Å². The second-order valence-corrected chi connectivity index (χ2v) is 3.17. The van der Waals surface area contributed by atoms with E-state index in [1.807, 2.05) is 0 Å². The van der Waals surface area contributed by atoms with Crippen LogP contribution in [-0.4, -0.2) is 23.7 Å². The van der Waals surface area contributed by atoms with E-state index in [0.717, 1.165) is 0 Å². The third-order valence-electron chi connectivity index (χ3n) is 2.88. The van der Waals surface area contributed by atoms with Crippen molar-refractivity contribution < 1.29 is 19.4 Å². The van der Waals surface area contributed by atoms with E-state index in [2.05, 4.69) is 4.74 Å². The number of rotatable bonds is 1. The quantitative estimate of drug-likeness (QED) is 0.424. The number of carboxylic acid groups (broad SMARTS) is 1. The Morgan fingerprint density at radius 3 is 2.73 bits per heavy atom.